The number of carbonyl (C=O) groups excluding carboxylic acids is 2. The predicted molar refractivity (Wildman–Crippen MR) is 111 cm³/mol. The van der Waals surface area contributed by atoms with Crippen LogP contribution in [0.4, 0.5) is 5.69 Å². The number of hydrogen-bond acceptors (Lipinski definition) is 3. The van der Waals surface area contributed by atoms with E-state index in [1.807, 2.05) is 50.2 Å². The fraction of sp³-hybridized carbons (Fsp3) is 0.167. The van der Waals surface area contributed by atoms with Crippen LogP contribution in [0, 0.1) is 13.8 Å². The fourth-order valence-electron chi connectivity index (χ4n) is 2.88. The van der Waals surface area contributed by atoms with E-state index in [9.17, 15) is 9.59 Å². The van der Waals surface area contributed by atoms with Gasteiger partial charge in [0, 0.05) is 16.8 Å². The highest BCUT2D eigenvalue weighted by Crippen LogP contribution is 2.21. The lowest BCUT2D eigenvalue weighted by Gasteiger charge is -2.16. The quantitative estimate of drug-likeness (QED) is 0.623. The first-order valence-corrected chi connectivity index (χ1v) is 9.18. The lowest BCUT2D eigenvalue weighted by molar-refractivity contribution is -0.122. The van der Waals surface area contributed by atoms with Crippen LogP contribution in [0.1, 0.15) is 34.0 Å². The first kappa shape index (κ1) is 19.4. The van der Waals surface area contributed by atoms with Crippen LogP contribution in [-0.2, 0) is 4.79 Å². The summed E-state index contributed by atoms with van der Waals surface area (Å²) in [5, 5.41) is 2.82. The smallest absolute Gasteiger partial charge is 0.265 e. The Bertz CT molecular complexity index is 978. The van der Waals surface area contributed by atoms with E-state index >= 15 is 0 Å². The first-order valence-electron chi connectivity index (χ1n) is 9.18. The molecule has 0 unspecified atom stereocenters. The van der Waals surface area contributed by atoms with Crippen molar-refractivity contribution < 1.29 is 14.3 Å². The predicted octanol–water partition coefficient (Wildman–Crippen LogP) is 4.94. The standard InChI is InChI=1S/C24H23NO3/c1-16-9-14-22(17(2)15-16)28-18(3)24(27)25-21-12-10-20(11-13-21)23(26)19-7-5-4-6-8-19/h4-15,18H,1-3H3,(H,25,27)/t18-/m1/s1. The van der Waals surface area contributed by atoms with Crippen molar-refractivity contribution in [3.05, 3.63) is 95.1 Å². The first-order chi connectivity index (χ1) is 13.4. The molecule has 0 aliphatic rings. The second-order valence-electron chi connectivity index (χ2n) is 6.79. The highest BCUT2D eigenvalue weighted by molar-refractivity contribution is 6.09. The maximum atomic E-state index is 12.4. The molecule has 0 aliphatic heterocycles. The zero-order valence-corrected chi connectivity index (χ0v) is 16.2. The number of rotatable bonds is 6. The lowest BCUT2D eigenvalue weighted by atomic mass is 10.0. The number of hydrogen-bond donors (Lipinski definition) is 1. The van der Waals surface area contributed by atoms with Gasteiger partial charge in [-0.15, -0.1) is 0 Å². The molecule has 3 aromatic rings. The molecule has 3 rings (SSSR count). The fourth-order valence-corrected chi connectivity index (χ4v) is 2.88. The Balaban J connectivity index is 1.63. The van der Waals surface area contributed by atoms with Gasteiger partial charge in [0.05, 0.1) is 0 Å². The molecular formula is C24H23NO3. The maximum Gasteiger partial charge on any atom is 0.265 e. The minimum absolute atomic E-state index is 0.0509. The average Bonchev–Trinajstić information content (AvgIpc) is 2.70. The molecule has 0 aromatic heterocycles. The molecule has 1 atom stereocenters. The minimum Gasteiger partial charge on any atom is -0.481 e. The third kappa shape index (κ3) is 4.65. The number of anilines is 1. The van der Waals surface area contributed by atoms with Crippen LogP contribution in [0.5, 0.6) is 5.75 Å². The Labute approximate surface area is 165 Å². The van der Waals surface area contributed by atoms with Crippen molar-refractivity contribution in [3.8, 4) is 5.75 Å². The normalized spacial score (nSPS) is 11.5. The summed E-state index contributed by atoms with van der Waals surface area (Å²) >= 11 is 0. The molecule has 1 amide bonds. The number of aryl methyl sites for hydroxylation is 2. The van der Waals surface area contributed by atoms with Crippen LogP contribution < -0.4 is 10.1 Å². The topological polar surface area (TPSA) is 55.4 Å². The Hall–Kier alpha value is -3.40. The van der Waals surface area contributed by atoms with Gasteiger partial charge in [-0.05, 0) is 56.7 Å². The molecule has 0 saturated carbocycles. The van der Waals surface area contributed by atoms with E-state index in [0.717, 1.165) is 11.1 Å². The molecule has 28 heavy (non-hydrogen) atoms. The SMILES string of the molecule is Cc1ccc(O[C@H](C)C(=O)Nc2ccc(C(=O)c3ccccc3)cc2)c(C)c1. The van der Waals surface area contributed by atoms with E-state index in [1.54, 1.807) is 43.3 Å². The summed E-state index contributed by atoms with van der Waals surface area (Å²) in [5.41, 5.74) is 3.96. The molecule has 0 aliphatic carbocycles. The molecule has 0 saturated heterocycles. The van der Waals surface area contributed by atoms with Crippen molar-refractivity contribution in [3.63, 3.8) is 0 Å². The summed E-state index contributed by atoms with van der Waals surface area (Å²) in [7, 11) is 0. The molecule has 0 bridgehead atoms. The van der Waals surface area contributed by atoms with E-state index in [4.69, 9.17) is 4.74 Å². The number of benzene rings is 3. The number of amides is 1. The summed E-state index contributed by atoms with van der Waals surface area (Å²) in [5.74, 6) is 0.393. The Morgan fingerprint density at radius 1 is 0.857 bits per heavy atom. The average molecular weight is 373 g/mol. The third-order valence-electron chi connectivity index (χ3n) is 4.45. The zero-order valence-electron chi connectivity index (χ0n) is 16.2. The summed E-state index contributed by atoms with van der Waals surface area (Å²) in [6, 6.07) is 21.8. The summed E-state index contributed by atoms with van der Waals surface area (Å²) in [6.07, 6.45) is -0.646. The lowest BCUT2D eigenvalue weighted by Crippen LogP contribution is -2.30. The van der Waals surface area contributed by atoms with Gasteiger partial charge in [-0.3, -0.25) is 9.59 Å². The molecule has 0 spiro atoms. The van der Waals surface area contributed by atoms with Crippen molar-refractivity contribution in [2.45, 2.75) is 26.9 Å². The Kier molecular flexibility index (Phi) is 5.90. The molecule has 4 heteroatoms. The van der Waals surface area contributed by atoms with E-state index < -0.39 is 6.10 Å². The van der Waals surface area contributed by atoms with Crippen LogP contribution in [0.2, 0.25) is 0 Å². The second-order valence-corrected chi connectivity index (χ2v) is 6.79. The van der Waals surface area contributed by atoms with Gasteiger partial charge >= 0.3 is 0 Å². The summed E-state index contributed by atoms with van der Waals surface area (Å²) in [4.78, 5) is 24.9. The van der Waals surface area contributed by atoms with Crippen LogP contribution in [0.3, 0.4) is 0 Å². The summed E-state index contributed by atoms with van der Waals surface area (Å²) < 4.78 is 5.79. The third-order valence-corrected chi connectivity index (χ3v) is 4.45. The van der Waals surface area contributed by atoms with Crippen molar-refractivity contribution in [2.24, 2.45) is 0 Å². The number of carbonyl (C=O) groups is 2. The molecular weight excluding hydrogens is 350 g/mol. The van der Waals surface area contributed by atoms with Gasteiger partial charge in [-0.25, -0.2) is 0 Å². The van der Waals surface area contributed by atoms with Gasteiger partial charge in [0.25, 0.3) is 5.91 Å². The van der Waals surface area contributed by atoms with Gasteiger partial charge in [-0.1, -0.05) is 48.0 Å². The van der Waals surface area contributed by atoms with E-state index in [0.29, 0.717) is 22.6 Å². The van der Waals surface area contributed by atoms with Crippen LogP contribution in [0.25, 0.3) is 0 Å². The molecule has 0 radical (unpaired) electrons. The highest BCUT2D eigenvalue weighted by Gasteiger charge is 2.16. The van der Waals surface area contributed by atoms with Crippen molar-refractivity contribution >= 4 is 17.4 Å². The molecule has 0 fully saturated rings. The van der Waals surface area contributed by atoms with Crippen LogP contribution >= 0.6 is 0 Å². The Morgan fingerprint density at radius 2 is 1.50 bits per heavy atom. The van der Waals surface area contributed by atoms with Crippen LogP contribution in [0.15, 0.2) is 72.8 Å². The molecule has 4 nitrogen and oxygen atoms in total. The van der Waals surface area contributed by atoms with Crippen molar-refractivity contribution in [2.75, 3.05) is 5.32 Å². The molecule has 1 N–H and O–H groups in total. The number of ether oxygens (including phenoxy) is 1. The molecule has 3 aromatic carbocycles. The van der Waals surface area contributed by atoms with E-state index in [2.05, 4.69) is 5.32 Å². The largest absolute Gasteiger partial charge is 0.481 e. The van der Waals surface area contributed by atoms with E-state index in [1.165, 1.54) is 0 Å². The molecule has 0 heterocycles. The second kappa shape index (κ2) is 8.53. The van der Waals surface area contributed by atoms with Gasteiger partial charge in [0.1, 0.15) is 5.75 Å². The summed E-state index contributed by atoms with van der Waals surface area (Å²) in [6.45, 7) is 5.68. The van der Waals surface area contributed by atoms with Gasteiger partial charge in [0.2, 0.25) is 0 Å². The van der Waals surface area contributed by atoms with E-state index in [-0.39, 0.29) is 11.7 Å². The zero-order chi connectivity index (χ0) is 20.1. The maximum absolute atomic E-state index is 12.4. The van der Waals surface area contributed by atoms with Gasteiger partial charge < -0.3 is 10.1 Å². The highest BCUT2D eigenvalue weighted by atomic mass is 16.5. The Morgan fingerprint density at radius 3 is 2.14 bits per heavy atom. The van der Waals surface area contributed by atoms with Crippen LogP contribution in [-0.4, -0.2) is 17.8 Å². The van der Waals surface area contributed by atoms with Crippen molar-refractivity contribution in [1.29, 1.82) is 0 Å². The minimum atomic E-state index is -0.646. The monoisotopic (exact) mass is 373 g/mol. The number of nitrogens with one attached hydrogen (secondary N) is 1. The van der Waals surface area contributed by atoms with Crippen molar-refractivity contribution in [1.82, 2.24) is 0 Å². The number of ketones is 1. The molecule has 142 valence electrons. The van der Waals surface area contributed by atoms with Gasteiger partial charge in [-0.2, -0.15) is 0 Å². The van der Waals surface area contributed by atoms with Gasteiger partial charge in [0.15, 0.2) is 11.9 Å².